The molecule has 206 valence electrons. The van der Waals surface area contributed by atoms with E-state index in [1.54, 1.807) is 12.1 Å². The van der Waals surface area contributed by atoms with Crippen LogP contribution in [0.15, 0.2) is 24.4 Å². The molecular weight excluding hydrogens is 493 g/mol. The number of anilines is 4. The summed E-state index contributed by atoms with van der Waals surface area (Å²) in [5, 5.41) is 15.9. The molecule has 0 unspecified atom stereocenters. The van der Waals surface area contributed by atoms with Crippen molar-refractivity contribution in [3.63, 3.8) is 0 Å². The van der Waals surface area contributed by atoms with Crippen molar-refractivity contribution in [1.29, 1.82) is 5.26 Å². The highest BCUT2D eigenvalue weighted by Crippen LogP contribution is 2.40. The van der Waals surface area contributed by atoms with Crippen LogP contribution in [0.4, 0.5) is 36.3 Å². The maximum atomic E-state index is 13.9. The van der Waals surface area contributed by atoms with Crippen LogP contribution in [0.1, 0.15) is 51.7 Å². The normalized spacial score (nSPS) is 20.7. The summed E-state index contributed by atoms with van der Waals surface area (Å²) in [6.07, 6.45) is -2.46. The van der Waals surface area contributed by atoms with Gasteiger partial charge >= 0.3 is 6.18 Å². The number of hydrogen-bond acceptors (Lipinski definition) is 8. The van der Waals surface area contributed by atoms with Crippen molar-refractivity contribution in [3.05, 3.63) is 35.5 Å². The maximum Gasteiger partial charge on any atom is 0.421 e. The Labute approximate surface area is 222 Å². The Balaban J connectivity index is 1.59. The number of aromatic nitrogens is 2. The zero-order chi connectivity index (χ0) is 27.9. The number of likely N-dealkylation sites (N-methyl/N-ethyl adjacent to an activating group) is 1. The van der Waals surface area contributed by atoms with E-state index in [0.29, 0.717) is 24.1 Å². The van der Waals surface area contributed by atoms with Gasteiger partial charge in [-0.3, -0.25) is 4.90 Å². The van der Waals surface area contributed by atoms with E-state index >= 15 is 0 Å². The van der Waals surface area contributed by atoms with Crippen molar-refractivity contribution in [2.45, 2.75) is 63.8 Å². The van der Waals surface area contributed by atoms with Crippen LogP contribution in [0, 0.1) is 11.3 Å². The first kappa shape index (κ1) is 27.9. The van der Waals surface area contributed by atoms with E-state index in [2.05, 4.69) is 83.2 Å². The topological polar surface area (TPSA) is 83.3 Å². The third-order valence-electron chi connectivity index (χ3n) is 7.96. The van der Waals surface area contributed by atoms with Crippen molar-refractivity contribution in [1.82, 2.24) is 19.8 Å². The summed E-state index contributed by atoms with van der Waals surface area (Å²) in [5.74, 6) is -0.214. The summed E-state index contributed by atoms with van der Waals surface area (Å²) in [7, 11) is 4.12. The molecule has 2 aliphatic rings. The van der Waals surface area contributed by atoms with Gasteiger partial charge < -0.3 is 20.4 Å². The minimum Gasteiger partial charge on any atom is -0.368 e. The molecule has 4 rings (SSSR count). The summed E-state index contributed by atoms with van der Waals surface area (Å²) in [5.41, 5.74) is 0.554. The molecule has 1 aromatic carbocycles. The molecule has 2 N–H and O–H groups in total. The predicted molar refractivity (Wildman–Crippen MR) is 144 cm³/mol. The molecule has 0 amide bonds. The number of piperidine rings is 1. The monoisotopic (exact) mass is 530 g/mol. The molecule has 0 aliphatic carbocycles. The lowest BCUT2D eigenvalue weighted by molar-refractivity contribution is -0.137. The fourth-order valence-electron chi connectivity index (χ4n) is 5.58. The predicted octanol–water partition coefficient (Wildman–Crippen LogP) is 4.93. The number of nitrogens with one attached hydrogen (secondary N) is 2. The van der Waals surface area contributed by atoms with Gasteiger partial charge in [-0.25, -0.2) is 4.98 Å². The first-order valence-corrected chi connectivity index (χ1v) is 12.9. The Morgan fingerprint density at radius 1 is 1.03 bits per heavy atom. The van der Waals surface area contributed by atoms with Gasteiger partial charge in [0.1, 0.15) is 17.5 Å². The Morgan fingerprint density at radius 2 is 1.66 bits per heavy atom. The highest BCUT2D eigenvalue weighted by molar-refractivity contribution is 5.68. The van der Waals surface area contributed by atoms with Crippen LogP contribution >= 0.6 is 0 Å². The molecular formula is C27H37F3N8. The van der Waals surface area contributed by atoms with Gasteiger partial charge in [-0.05, 0) is 72.8 Å². The molecule has 11 heteroatoms. The second kappa shape index (κ2) is 10.2. The summed E-state index contributed by atoms with van der Waals surface area (Å²) < 4.78 is 41.6. The average Bonchev–Trinajstić information content (AvgIpc) is 2.82. The van der Waals surface area contributed by atoms with Crippen LogP contribution in [0.25, 0.3) is 0 Å². The SMILES string of the molecule is CN1CCN(c2ccc(Nc3ncc(C(F)(F)F)c(NC4CC(C)(C)N(C)C(C)(C)C4)n3)cc2C#N)CC1. The summed E-state index contributed by atoms with van der Waals surface area (Å²) in [4.78, 5) is 14.9. The highest BCUT2D eigenvalue weighted by Gasteiger charge is 2.44. The van der Waals surface area contributed by atoms with E-state index in [1.807, 2.05) is 6.07 Å². The van der Waals surface area contributed by atoms with Crippen molar-refractivity contribution < 1.29 is 13.2 Å². The van der Waals surface area contributed by atoms with Crippen molar-refractivity contribution >= 4 is 23.1 Å². The molecule has 0 spiro atoms. The molecule has 38 heavy (non-hydrogen) atoms. The fourth-order valence-corrected chi connectivity index (χ4v) is 5.58. The van der Waals surface area contributed by atoms with Gasteiger partial charge in [0.15, 0.2) is 0 Å². The number of alkyl halides is 3. The molecule has 3 heterocycles. The van der Waals surface area contributed by atoms with Crippen LogP contribution in [0.2, 0.25) is 0 Å². The first-order chi connectivity index (χ1) is 17.7. The lowest BCUT2D eigenvalue weighted by Gasteiger charge is -2.53. The Hall–Kier alpha value is -3.10. The van der Waals surface area contributed by atoms with Gasteiger partial charge in [-0.15, -0.1) is 0 Å². The number of likely N-dealkylation sites (tertiary alicyclic amines) is 1. The summed E-state index contributed by atoms with van der Waals surface area (Å²) in [6.45, 7) is 11.8. The van der Waals surface area contributed by atoms with E-state index in [4.69, 9.17) is 0 Å². The smallest absolute Gasteiger partial charge is 0.368 e. The molecule has 0 atom stereocenters. The van der Waals surface area contributed by atoms with Crippen molar-refractivity contribution in [3.8, 4) is 6.07 Å². The van der Waals surface area contributed by atoms with E-state index in [9.17, 15) is 18.4 Å². The number of halogens is 3. The molecule has 2 fully saturated rings. The van der Waals surface area contributed by atoms with Crippen LogP contribution in [-0.4, -0.2) is 77.2 Å². The number of nitrogens with zero attached hydrogens (tertiary/aromatic N) is 6. The zero-order valence-electron chi connectivity index (χ0n) is 22.9. The Kier molecular flexibility index (Phi) is 7.51. The minimum atomic E-state index is -4.60. The molecule has 0 bridgehead atoms. The fraction of sp³-hybridized carbons (Fsp3) is 0.593. The molecule has 0 saturated carbocycles. The number of rotatable bonds is 5. The minimum absolute atomic E-state index is 0.0307. The van der Waals surface area contributed by atoms with Crippen LogP contribution in [-0.2, 0) is 6.18 Å². The Morgan fingerprint density at radius 3 is 2.24 bits per heavy atom. The van der Waals surface area contributed by atoms with Gasteiger partial charge in [0.2, 0.25) is 5.95 Å². The lowest BCUT2D eigenvalue weighted by atomic mass is 9.77. The largest absolute Gasteiger partial charge is 0.421 e. The second-order valence-electron chi connectivity index (χ2n) is 11.6. The Bertz CT molecular complexity index is 1180. The quantitative estimate of drug-likeness (QED) is 0.564. The van der Waals surface area contributed by atoms with Gasteiger partial charge in [0.05, 0.1) is 11.3 Å². The van der Waals surface area contributed by atoms with Gasteiger partial charge in [0, 0.05) is 55.2 Å². The maximum absolute atomic E-state index is 13.9. The van der Waals surface area contributed by atoms with Crippen LogP contribution in [0.3, 0.4) is 0 Å². The average molecular weight is 531 g/mol. The van der Waals surface area contributed by atoms with Crippen molar-refractivity contribution in [2.24, 2.45) is 0 Å². The number of piperazine rings is 1. The van der Waals surface area contributed by atoms with Gasteiger partial charge in [-0.2, -0.15) is 23.4 Å². The second-order valence-corrected chi connectivity index (χ2v) is 11.6. The third-order valence-corrected chi connectivity index (χ3v) is 7.96. The van der Waals surface area contributed by atoms with Crippen LogP contribution in [0.5, 0.6) is 0 Å². The third kappa shape index (κ3) is 5.97. The lowest BCUT2D eigenvalue weighted by Crippen LogP contribution is -2.61. The van der Waals surface area contributed by atoms with Gasteiger partial charge in [-0.1, -0.05) is 0 Å². The van der Waals surface area contributed by atoms with E-state index in [0.717, 1.165) is 38.1 Å². The van der Waals surface area contributed by atoms with E-state index in [1.165, 1.54) is 0 Å². The molecule has 1 aromatic heterocycles. The highest BCUT2D eigenvalue weighted by atomic mass is 19.4. The van der Waals surface area contributed by atoms with Gasteiger partial charge in [0.25, 0.3) is 0 Å². The molecule has 8 nitrogen and oxygen atoms in total. The van der Waals surface area contributed by atoms with E-state index < -0.39 is 11.7 Å². The summed E-state index contributed by atoms with van der Waals surface area (Å²) >= 11 is 0. The molecule has 2 aliphatic heterocycles. The zero-order valence-corrected chi connectivity index (χ0v) is 22.9. The first-order valence-electron chi connectivity index (χ1n) is 12.9. The molecule has 2 aromatic rings. The number of hydrogen-bond donors (Lipinski definition) is 2. The number of benzene rings is 1. The molecule has 2 saturated heterocycles. The number of nitriles is 1. The van der Waals surface area contributed by atoms with Crippen LogP contribution < -0.4 is 15.5 Å². The van der Waals surface area contributed by atoms with Crippen molar-refractivity contribution in [2.75, 3.05) is 55.8 Å². The standard InChI is InChI=1S/C27H37F3N8/c1-25(2)14-20(15-26(3,4)37(25)6)33-23-21(27(28,29)30)17-32-24(35-23)34-19-7-8-22(18(13-19)16-31)38-11-9-36(5)10-12-38/h7-8,13,17,20H,9-12,14-15H2,1-6H3,(H2,32,33,34,35). The summed E-state index contributed by atoms with van der Waals surface area (Å²) in [6, 6.07) is 7.38. The van der Waals surface area contributed by atoms with E-state index in [-0.39, 0.29) is 28.9 Å². The molecule has 0 radical (unpaired) electrons.